The van der Waals surface area contributed by atoms with Gasteiger partial charge in [-0.15, -0.1) is 47.3 Å². The van der Waals surface area contributed by atoms with E-state index in [1.165, 1.54) is 30.4 Å². The molecule has 0 atom stereocenters. The molecule has 0 amide bonds. The summed E-state index contributed by atoms with van der Waals surface area (Å²) < 4.78 is 6.81. The van der Waals surface area contributed by atoms with Crippen molar-refractivity contribution in [3.63, 3.8) is 0 Å². The molecule has 0 fully saturated rings. The number of hydrogen-bond acceptors (Lipinski definition) is 4. The fourth-order valence-electron chi connectivity index (χ4n) is 5.03. The number of nitrogens with zero attached hydrogens (tertiary/aromatic N) is 3. The Bertz CT molecular complexity index is 2090. The minimum absolute atomic E-state index is 0. The Labute approximate surface area is 239 Å². The quantitative estimate of drug-likeness (QED) is 0.168. The molecule has 0 unspecified atom stereocenters. The van der Waals surface area contributed by atoms with Gasteiger partial charge in [-0.05, 0) is 26.7 Å². The smallest absolute Gasteiger partial charge is 0.0940 e. The number of rotatable bonds is 3. The Kier molecular flexibility index (Phi) is 5.49. The van der Waals surface area contributed by atoms with Crippen molar-refractivity contribution in [3.8, 4) is 28.1 Å². The minimum atomic E-state index is 0. The number of para-hydroxylation sites is 1. The van der Waals surface area contributed by atoms with Gasteiger partial charge in [0.15, 0.2) is 0 Å². The summed E-state index contributed by atoms with van der Waals surface area (Å²) in [4.78, 5) is 4.61. The number of fused-ring (bicyclic) bond motifs is 5. The Morgan fingerprint density at radius 2 is 1.76 bits per heavy atom. The zero-order chi connectivity index (χ0) is 23.8. The fourth-order valence-corrected chi connectivity index (χ4v) is 7.82. The van der Waals surface area contributed by atoms with Crippen LogP contribution in [0, 0.1) is 18.2 Å². The van der Waals surface area contributed by atoms with Gasteiger partial charge in [-0.2, -0.15) is 17.0 Å². The molecule has 0 saturated heterocycles. The number of thiophene rings is 3. The van der Waals surface area contributed by atoms with Crippen LogP contribution in [-0.2, 0) is 28.1 Å². The van der Waals surface area contributed by atoms with Crippen LogP contribution in [0.1, 0.15) is 0 Å². The van der Waals surface area contributed by atoms with Gasteiger partial charge in [0.2, 0.25) is 0 Å². The maximum atomic E-state index is 4.61. The number of imidazole rings is 1. The van der Waals surface area contributed by atoms with Crippen LogP contribution in [-0.4, -0.2) is 14.1 Å². The van der Waals surface area contributed by atoms with Crippen molar-refractivity contribution in [2.45, 2.75) is 0 Å². The van der Waals surface area contributed by atoms with Crippen molar-refractivity contribution in [1.82, 2.24) is 14.1 Å². The van der Waals surface area contributed by atoms with Gasteiger partial charge < -0.3 is 9.13 Å². The average Bonchev–Trinajstić information content (AvgIpc) is 3.70. The van der Waals surface area contributed by atoms with Crippen LogP contribution in [0.25, 0.3) is 69.4 Å². The molecule has 0 bridgehead atoms. The summed E-state index contributed by atoms with van der Waals surface area (Å²) in [6.45, 7) is 0. The van der Waals surface area contributed by atoms with Gasteiger partial charge in [-0.3, -0.25) is 0 Å². The topological polar surface area (TPSA) is 22.8 Å². The molecule has 3 nitrogen and oxygen atoms in total. The third-order valence-corrected chi connectivity index (χ3v) is 9.60. The molecule has 0 aliphatic rings. The van der Waals surface area contributed by atoms with Gasteiger partial charge in [-0.25, -0.2) is 39.0 Å². The van der Waals surface area contributed by atoms with Crippen LogP contribution in [0.15, 0.2) is 77.2 Å². The van der Waals surface area contributed by atoms with E-state index in [0.717, 1.165) is 38.9 Å². The van der Waals surface area contributed by atoms with Crippen molar-refractivity contribution in [2.75, 3.05) is 0 Å². The summed E-state index contributed by atoms with van der Waals surface area (Å²) in [7, 11) is 2.00. The molecule has 8 aromatic rings. The Hall–Kier alpha value is -3.02. The molecule has 8 rings (SSSR count). The molecule has 3 aromatic carbocycles. The first-order valence-electron chi connectivity index (χ1n) is 11.5. The molecule has 0 saturated carbocycles. The van der Waals surface area contributed by atoms with Crippen LogP contribution in [0.2, 0.25) is 0 Å². The number of hydrogen-bond donors (Lipinski definition) is 0. The molecule has 182 valence electrons. The predicted molar refractivity (Wildman–Crippen MR) is 154 cm³/mol. The van der Waals surface area contributed by atoms with E-state index in [1.54, 1.807) is 34.0 Å². The van der Waals surface area contributed by atoms with Crippen molar-refractivity contribution < 1.29 is 21.1 Å². The summed E-state index contributed by atoms with van der Waals surface area (Å²) in [5, 5.41) is 11.2. The van der Waals surface area contributed by atoms with Gasteiger partial charge >= 0.3 is 0 Å². The van der Waals surface area contributed by atoms with E-state index in [-0.39, 0.29) is 21.1 Å². The molecule has 5 heterocycles. The second-order valence-electron chi connectivity index (χ2n) is 8.84. The van der Waals surface area contributed by atoms with Gasteiger partial charge in [0, 0.05) is 45.5 Å². The standard InChI is InChI=1S/C30H16N3S3.Pt/c1-32-14-26(31-17-32)25-16-35-29-13-22-20-7-2-3-8-27(20)33(28(22)12-23(25)29)19-6-4-5-18(11-19)24-15-36-30-21(24)9-10-34-30;/h2-8,10,13-17H,1H3;/q-3;. The maximum Gasteiger partial charge on any atom is 0.0940 e. The first kappa shape index (κ1) is 23.1. The number of aryl methyl sites for hydroxylation is 1. The molecular formula is C30H16N3PtS3-3. The Morgan fingerprint density at radius 1 is 0.865 bits per heavy atom. The van der Waals surface area contributed by atoms with E-state index in [2.05, 4.69) is 93.2 Å². The SMILES string of the molecule is Cn1cnc(-c2csc3cc4c5ccccc5n(-c5[c-]c(-c6csc7sc[c-]c67)ccc5)c4[c-]c23)c1.[Pt]. The molecule has 0 aliphatic carbocycles. The Balaban J connectivity index is 0.00000231. The third-order valence-electron chi connectivity index (χ3n) is 6.67. The summed E-state index contributed by atoms with van der Waals surface area (Å²) in [5.41, 5.74) is 7.62. The zero-order valence-corrected chi connectivity index (χ0v) is 24.1. The largest absolute Gasteiger partial charge is 0.346 e. The Morgan fingerprint density at radius 3 is 2.65 bits per heavy atom. The van der Waals surface area contributed by atoms with Crippen LogP contribution in [0.3, 0.4) is 0 Å². The van der Waals surface area contributed by atoms with Crippen LogP contribution in [0.5, 0.6) is 0 Å². The van der Waals surface area contributed by atoms with E-state index < -0.39 is 0 Å². The van der Waals surface area contributed by atoms with Crippen LogP contribution in [0.4, 0.5) is 0 Å². The third kappa shape index (κ3) is 3.51. The summed E-state index contributed by atoms with van der Waals surface area (Å²) in [6.07, 6.45) is 3.91. The van der Waals surface area contributed by atoms with Gasteiger partial charge in [0.25, 0.3) is 0 Å². The predicted octanol–water partition coefficient (Wildman–Crippen LogP) is 8.74. The van der Waals surface area contributed by atoms with Crippen molar-refractivity contribution >= 4 is 75.3 Å². The molecule has 0 radical (unpaired) electrons. The molecule has 0 N–H and O–H groups in total. The van der Waals surface area contributed by atoms with Gasteiger partial charge in [0.05, 0.1) is 6.33 Å². The van der Waals surface area contributed by atoms with Gasteiger partial charge in [0.1, 0.15) is 0 Å². The van der Waals surface area contributed by atoms with Gasteiger partial charge in [-0.1, -0.05) is 50.0 Å². The summed E-state index contributed by atoms with van der Waals surface area (Å²) in [6, 6.07) is 28.3. The first-order valence-corrected chi connectivity index (χ1v) is 14.1. The molecule has 5 aromatic heterocycles. The second kappa shape index (κ2) is 8.78. The minimum Gasteiger partial charge on any atom is -0.346 e. The number of aromatic nitrogens is 3. The van der Waals surface area contributed by atoms with Crippen molar-refractivity contribution in [2.24, 2.45) is 7.05 Å². The van der Waals surface area contributed by atoms with E-state index in [1.807, 2.05) is 23.3 Å². The molecule has 7 heteroatoms. The van der Waals surface area contributed by atoms with Crippen molar-refractivity contribution in [1.29, 1.82) is 0 Å². The summed E-state index contributed by atoms with van der Waals surface area (Å²) >= 11 is 5.27. The van der Waals surface area contributed by atoms with E-state index >= 15 is 0 Å². The zero-order valence-electron chi connectivity index (χ0n) is 19.4. The molecular weight excluding hydrogens is 694 g/mol. The normalized spacial score (nSPS) is 11.7. The van der Waals surface area contributed by atoms with E-state index in [9.17, 15) is 0 Å². The average molecular weight is 710 g/mol. The fraction of sp³-hybridized carbons (Fsp3) is 0.0333. The van der Waals surface area contributed by atoms with E-state index in [4.69, 9.17) is 0 Å². The number of benzene rings is 3. The first-order chi connectivity index (χ1) is 17.7. The molecule has 0 aliphatic heterocycles. The molecule has 37 heavy (non-hydrogen) atoms. The molecule has 0 spiro atoms. The second-order valence-corrected chi connectivity index (χ2v) is 11.8. The van der Waals surface area contributed by atoms with E-state index in [0.29, 0.717) is 0 Å². The van der Waals surface area contributed by atoms with Crippen molar-refractivity contribution in [3.05, 3.63) is 95.4 Å². The van der Waals surface area contributed by atoms with Crippen LogP contribution < -0.4 is 0 Å². The maximum absolute atomic E-state index is 4.61. The summed E-state index contributed by atoms with van der Waals surface area (Å²) in [5.74, 6) is 0. The monoisotopic (exact) mass is 709 g/mol. The van der Waals surface area contributed by atoms with Crippen LogP contribution >= 0.6 is 34.0 Å².